The third-order valence-corrected chi connectivity index (χ3v) is 2.52. The normalized spacial score (nSPS) is 10.8. The zero-order valence-electron chi connectivity index (χ0n) is 9.40. The molecule has 0 aliphatic carbocycles. The number of Topliss-reactive ketones (excluding diaryl/α,β-unsaturated/α-hetero) is 1. The number of ketones is 1. The first-order chi connectivity index (χ1) is 7.67. The number of ether oxygens (including phenoxy) is 2. The van der Waals surface area contributed by atoms with E-state index in [1.807, 2.05) is 24.3 Å². The maximum absolute atomic E-state index is 11.6. The highest BCUT2D eigenvalue weighted by atomic mass is 35.5. The first-order valence-electron chi connectivity index (χ1n) is 5.00. The molecule has 0 unspecified atom stereocenters. The van der Waals surface area contributed by atoms with E-state index >= 15 is 0 Å². The summed E-state index contributed by atoms with van der Waals surface area (Å²) in [6, 6.07) is 7.44. The minimum absolute atomic E-state index is 0.0556. The molecule has 0 aliphatic rings. The van der Waals surface area contributed by atoms with Crippen LogP contribution in [0.15, 0.2) is 24.3 Å². The van der Waals surface area contributed by atoms with Gasteiger partial charge in [-0.15, -0.1) is 0 Å². The number of aryl methyl sites for hydroxylation is 1. The number of carbonyl (C=O) groups is 1. The van der Waals surface area contributed by atoms with E-state index in [9.17, 15) is 4.79 Å². The third kappa shape index (κ3) is 3.93. The topological polar surface area (TPSA) is 35.5 Å². The Kier molecular flexibility index (Phi) is 5.46. The SMILES string of the molecule is COC(OC)C(=O)CCc1ccc(Cl)cc1. The lowest BCUT2D eigenvalue weighted by molar-refractivity contribution is -0.156. The van der Waals surface area contributed by atoms with Crippen LogP contribution in [0.25, 0.3) is 0 Å². The van der Waals surface area contributed by atoms with Crippen molar-refractivity contribution in [2.24, 2.45) is 0 Å². The van der Waals surface area contributed by atoms with Crippen LogP contribution < -0.4 is 0 Å². The van der Waals surface area contributed by atoms with Gasteiger partial charge in [-0.2, -0.15) is 0 Å². The molecule has 0 bridgehead atoms. The molecule has 0 amide bonds. The second kappa shape index (κ2) is 6.63. The minimum atomic E-state index is -0.757. The van der Waals surface area contributed by atoms with E-state index in [1.165, 1.54) is 14.2 Å². The van der Waals surface area contributed by atoms with Crippen molar-refractivity contribution in [3.05, 3.63) is 34.9 Å². The average molecular weight is 243 g/mol. The van der Waals surface area contributed by atoms with Gasteiger partial charge in [0.05, 0.1) is 0 Å². The van der Waals surface area contributed by atoms with E-state index in [4.69, 9.17) is 21.1 Å². The molecule has 0 fully saturated rings. The number of rotatable bonds is 6. The fourth-order valence-electron chi connectivity index (χ4n) is 1.40. The lowest BCUT2D eigenvalue weighted by Crippen LogP contribution is -2.25. The highest BCUT2D eigenvalue weighted by Gasteiger charge is 2.15. The molecular formula is C12H15ClO3. The number of hydrogen-bond acceptors (Lipinski definition) is 3. The van der Waals surface area contributed by atoms with Gasteiger partial charge >= 0.3 is 0 Å². The Morgan fingerprint density at radius 2 is 1.81 bits per heavy atom. The first kappa shape index (κ1) is 13.2. The lowest BCUT2D eigenvalue weighted by atomic mass is 10.1. The highest BCUT2D eigenvalue weighted by Crippen LogP contribution is 2.11. The first-order valence-corrected chi connectivity index (χ1v) is 5.38. The molecule has 16 heavy (non-hydrogen) atoms. The van der Waals surface area contributed by atoms with Crippen LogP contribution in [0.5, 0.6) is 0 Å². The van der Waals surface area contributed by atoms with Crippen LogP contribution in [0.4, 0.5) is 0 Å². The maximum Gasteiger partial charge on any atom is 0.217 e. The number of carbonyl (C=O) groups excluding carboxylic acids is 1. The lowest BCUT2D eigenvalue weighted by Gasteiger charge is -2.11. The molecule has 3 nitrogen and oxygen atoms in total. The maximum atomic E-state index is 11.6. The zero-order chi connectivity index (χ0) is 12.0. The van der Waals surface area contributed by atoms with Gasteiger partial charge in [-0.1, -0.05) is 23.7 Å². The summed E-state index contributed by atoms with van der Waals surface area (Å²) in [6.07, 6.45) is 0.306. The number of hydrogen-bond donors (Lipinski definition) is 0. The second-order valence-electron chi connectivity index (χ2n) is 3.40. The van der Waals surface area contributed by atoms with Crippen molar-refractivity contribution in [2.45, 2.75) is 19.1 Å². The summed E-state index contributed by atoms with van der Waals surface area (Å²) >= 11 is 5.76. The molecule has 0 radical (unpaired) electrons. The standard InChI is InChI=1S/C12H15ClO3/c1-15-12(16-2)11(14)8-5-9-3-6-10(13)7-4-9/h3-4,6-7,12H,5,8H2,1-2H3. The van der Waals surface area contributed by atoms with Crippen LogP contribution in [-0.2, 0) is 20.7 Å². The van der Waals surface area contributed by atoms with E-state index in [-0.39, 0.29) is 5.78 Å². The number of halogens is 1. The van der Waals surface area contributed by atoms with Gasteiger partial charge in [-0.25, -0.2) is 0 Å². The van der Waals surface area contributed by atoms with Gasteiger partial charge in [0.1, 0.15) is 0 Å². The van der Waals surface area contributed by atoms with Gasteiger partial charge in [0.15, 0.2) is 5.78 Å². The van der Waals surface area contributed by atoms with Crippen molar-refractivity contribution in [1.29, 1.82) is 0 Å². The largest absolute Gasteiger partial charge is 0.349 e. The molecule has 0 aromatic heterocycles. The van der Waals surface area contributed by atoms with Crippen molar-refractivity contribution in [3.63, 3.8) is 0 Å². The zero-order valence-corrected chi connectivity index (χ0v) is 10.2. The summed E-state index contributed by atoms with van der Waals surface area (Å²) in [5.41, 5.74) is 1.07. The third-order valence-electron chi connectivity index (χ3n) is 2.26. The van der Waals surface area contributed by atoms with Gasteiger partial charge in [0.25, 0.3) is 0 Å². The van der Waals surface area contributed by atoms with Crippen molar-refractivity contribution in [1.82, 2.24) is 0 Å². The van der Waals surface area contributed by atoms with Gasteiger partial charge in [0, 0.05) is 25.7 Å². The Labute approximate surface area is 100 Å². The Balaban J connectivity index is 2.45. The molecule has 88 valence electrons. The minimum Gasteiger partial charge on any atom is -0.349 e. The van der Waals surface area contributed by atoms with E-state index < -0.39 is 6.29 Å². The summed E-state index contributed by atoms with van der Waals surface area (Å²) in [5.74, 6) is -0.0556. The summed E-state index contributed by atoms with van der Waals surface area (Å²) in [4.78, 5) is 11.6. The van der Waals surface area contributed by atoms with Gasteiger partial charge in [-0.05, 0) is 24.1 Å². The molecule has 0 aliphatic heterocycles. The molecule has 1 rings (SSSR count). The molecule has 1 aromatic rings. The van der Waals surface area contributed by atoms with Crippen LogP contribution in [0.2, 0.25) is 5.02 Å². The quantitative estimate of drug-likeness (QED) is 0.719. The van der Waals surface area contributed by atoms with Gasteiger partial charge < -0.3 is 9.47 Å². The summed E-state index contributed by atoms with van der Waals surface area (Å²) < 4.78 is 9.75. The van der Waals surface area contributed by atoms with Crippen LogP contribution in [0.3, 0.4) is 0 Å². The predicted molar refractivity (Wildman–Crippen MR) is 62.6 cm³/mol. The molecule has 0 saturated carbocycles. The van der Waals surface area contributed by atoms with Gasteiger partial charge in [-0.3, -0.25) is 4.79 Å². The summed E-state index contributed by atoms with van der Waals surface area (Å²) in [5, 5.41) is 0.696. The molecule has 1 aromatic carbocycles. The average Bonchev–Trinajstić information content (AvgIpc) is 2.30. The molecule has 0 atom stereocenters. The second-order valence-corrected chi connectivity index (χ2v) is 3.83. The van der Waals surface area contributed by atoms with Crippen LogP contribution in [0, 0.1) is 0 Å². The number of benzene rings is 1. The van der Waals surface area contributed by atoms with E-state index in [0.717, 1.165) is 5.56 Å². The summed E-state index contributed by atoms with van der Waals surface area (Å²) in [6.45, 7) is 0. The molecule has 0 N–H and O–H groups in total. The van der Waals surface area contributed by atoms with Crippen molar-refractivity contribution >= 4 is 17.4 Å². The summed E-state index contributed by atoms with van der Waals surface area (Å²) in [7, 11) is 2.91. The van der Waals surface area contributed by atoms with Crippen LogP contribution >= 0.6 is 11.6 Å². The predicted octanol–water partition coefficient (Wildman–Crippen LogP) is 2.46. The molecule has 0 spiro atoms. The van der Waals surface area contributed by atoms with Crippen LogP contribution in [0.1, 0.15) is 12.0 Å². The molecule has 4 heteroatoms. The van der Waals surface area contributed by atoms with Gasteiger partial charge in [0.2, 0.25) is 6.29 Å². The molecule has 0 heterocycles. The Bertz CT molecular complexity index is 331. The highest BCUT2D eigenvalue weighted by molar-refractivity contribution is 6.30. The van der Waals surface area contributed by atoms with E-state index in [1.54, 1.807) is 0 Å². The fourth-order valence-corrected chi connectivity index (χ4v) is 1.52. The number of methoxy groups -OCH3 is 2. The molecular weight excluding hydrogens is 228 g/mol. The van der Waals surface area contributed by atoms with Crippen molar-refractivity contribution < 1.29 is 14.3 Å². The smallest absolute Gasteiger partial charge is 0.217 e. The van der Waals surface area contributed by atoms with Crippen molar-refractivity contribution in [2.75, 3.05) is 14.2 Å². The monoisotopic (exact) mass is 242 g/mol. The Morgan fingerprint density at radius 3 is 2.31 bits per heavy atom. The van der Waals surface area contributed by atoms with Crippen molar-refractivity contribution in [3.8, 4) is 0 Å². The van der Waals surface area contributed by atoms with E-state index in [2.05, 4.69) is 0 Å². The fraction of sp³-hybridized carbons (Fsp3) is 0.417. The van der Waals surface area contributed by atoms with Crippen LogP contribution in [-0.4, -0.2) is 26.3 Å². The Hall–Kier alpha value is -0.900. The van der Waals surface area contributed by atoms with E-state index in [0.29, 0.717) is 17.9 Å². The Morgan fingerprint density at radius 1 is 1.25 bits per heavy atom. The molecule has 0 saturated heterocycles.